The molecule has 0 amide bonds. The van der Waals surface area contributed by atoms with Gasteiger partial charge in [-0.3, -0.25) is 10.1 Å². The smallest absolute Gasteiger partial charge is 0.338 e. The van der Waals surface area contributed by atoms with Crippen LogP contribution in [-0.4, -0.2) is 24.6 Å². The molecule has 0 aromatic heterocycles. The van der Waals surface area contributed by atoms with E-state index in [0.717, 1.165) is 6.07 Å². The van der Waals surface area contributed by atoms with Gasteiger partial charge < -0.3 is 9.47 Å². The number of hydrogen-bond acceptors (Lipinski definition) is 5. The molecule has 1 aromatic carbocycles. The number of halogens is 1. The second-order valence-electron chi connectivity index (χ2n) is 3.16. The number of carbonyl (C=O) groups excluding carboxylic acids is 1. The number of ether oxygens (including phenoxy) is 2. The van der Waals surface area contributed by atoms with Crippen molar-refractivity contribution in [2.45, 2.75) is 0 Å². The van der Waals surface area contributed by atoms with E-state index >= 15 is 0 Å². The van der Waals surface area contributed by atoms with Gasteiger partial charge in [0.25, 0.3) is 5.69 Å². The first-order valence-electron chi connectivity index (χ1n) is 4.81. The number of nitro benzene ring substituents is 1. The first-order valence-corrected chi connectivity index (χ1v) is 5.19. The van der Waals surface area contributed by atoms with Crippen LogP contribution in [0.3, 0.4) is 0 Å². The van der Waals surface area contributed by atoms with E-state index in [2.05, 4.69) is 11.3 Å². The van der Waals surface area contributed by atoms with Crippen molar-refractivity contribution in [2.75, 3.05) is 13.7 Å². The van der Waals surface area contributed by atoms with E-state index in [1.54, 1.807) is 0 Å². The molecule has 1 aromatic rings. The van der Waals surface area contributed by atoms with Crippen molar-refractivity contribution in [3.8, 4) is 5.75 Å². The standard InChI is InChI=1S/C11H10ClNO5/c1-3-4-18-9-6-7(11(14)17-2)5-8(10(9)12)13(15)16/h3,5-6H,1,4H2,2H3. The third-order valence-electron chi connectivity index (χ3n) is 1.99. The summed E-state index contributed by atoms with van der Waals surface area (Å²) in [7, 11) is 1.17. The molecule has 0 N–H and O–H groups in total. The minimum absolute atomic E-state index is 0.00679. The van der Waals surface area contributed by atoms with Crippen molar-refractivity contribution in [3.05, 3.63) is 45.5 Å². The van der Waals surface area contributed by atoms with Gasteiger partial charge in [-0.15, -0.1) is 0 Å². The van der Waals surface area contributed by atoms with Crippen LogP contribution in [0.4, 0.5) is 5.69 Å². The average molecular weight is 272 g/mol. The van der Waals surface area contributed by atoms with Crippen LogP contribution in [0.2, 0.25) is 5.02 Å². The van der Waals surface area contributed by atoms with Crippen molar-refractivity contribution >= 4 is 23.3 Å². The van der Waals surface area contributed by atoms with Gasteiger partial charge in [-0.1, -0.05) is 24.3 Å². The highest BCUT2D eigenvalue weighted by atomic mass is 35.5. The van der Waals surface area contributed by atoms with Crippen LogP contribution < -0.4 is 4.74 Å². The van der Waals surface area contributed by atoms with E-state index in [0.29, 0.717) is 0 Å². The Bertz CT molecular complexity index is 500. The lowest BCUT2D eigenvalue weighted by Gasteiger charge is -2.08. The van der Waals surface area contributed by atoms with E-state index in [-0.39, 0.29) is 22.9 Å². The van der Waals surface area contributed by atoms with Gasteiger partial charge in [-0.2, -0.15) is 0 Å². The Balaban J connectivity index is 3.31. The Morgan fingerprint density at radius 2 is 2.28 bits per heavy atom. The first kappa shape index (κ1) is 14.0. The molecule has 7 heteroatoms. The van der Waals surface area contributed by atoms with Gasteiger partial charge in [-0.05, 0) is 6.07 Å². The summed E-state index contributed by atoms with van der Waals surface area (Å²) in [6.45, 7) is 3.56. The van der Waals surface area contributed by atoms with Crippen LogP contribution in [0.5, 0.6) is 5.75 Å². The molecule has 0 aliphatic rings. The molecule has 0 spiro atoms. The average Bonchev–Trinajstić information content (AvgIpc) is 2.36. The number of nitrogens with zero attached hydrogens (tertiary/aromatic N) is 1. The molecule has 0 saturated heterocycles. The fraction of sp³-hybridized carbons (Fsp3) is 0.182. The molecule has 0 aliphatic heterocycles. The zero-order chi connectivity index (χ0) is 13.7. The lowest BCUT2D eigenvalue weighted by molar-refractivity contribution is -0.384. The fourth-order valence-electron chi connectivity index (χ4n) is 1.21. The van der Waals surface area contributed by atoms with Crippen LogP contribution in [0.1, 0.15) is 10.4 Å². The monoisotopic (exact) mass is 271 g/mol. The zero-order valence-electron chi connectivity index (χ0n) is 9.51. The Kier molecular flexibility index (Phi) is 4.67. The lowest BCUT2D eigenvalue weighted by atomic mass is 10.2. The summed E-state index contributed by atoms with van der Waals surface area (Å²) < 4.78 is 9.64. The second-order valence-corrected chi connectivity index (χ2v) is 3.53. The molecule has 96 valence electrons. The molecule has 0 radical (unpaired) electrons. The normalized spacial score (nSPS) is 9.67. The van der Waals surface area contributed by atoms with Gasteiger partial charge in [-0.25, -0.2) is 4.79 Å². The number of methoxy groups -OCH3 is 1. The molecule has 18 heavy (non-hydrogen) atoms. The van der Waals surface area contributed by atoms with Crippen LogP contribution in [0.25, 0.3) is 0 Å². The van der Waals surface area contributed by atoms with Gasteiger partial charge in [0.2, 0.25) is 0 Å². The highest BCUT2D eigenvalue weighted by Crippen LogP contribution is 2.35. The molecule has 0 fully saturated rings. The van der Waals surface area contributed by atoms with Crippen molar-refractivity contribution in [1.29, 1.82) is 0 Å². The summed E-state index contributed by atoms with van der Waals surface area (Å²) in [5, 5.41) is 10.6. The van der Waals surface area contributed by atoms with Crippen LogP contribution in [-0.2, 0) is 4.74 Å². The molecular formula is C11H10ClNO5. The third-order valence-corrected chi connectivity index (χ3v) is 2.37. The zero-order valence-corrected chi connectivity index (χ0v) is 10.3. The highest BCUT2D eigenvalue weighted by molar-refractivity contribution is 6.34. The van der Waals surface area contributed by atoms with E-state index in [1.165, 1.54) is 19.3 Å². The minimum Gasteiger partial charge on any atom is -0.488 e. The van der Waals surface area contributed by atoms with Crippen molar-refractivity contribution in [1.82, 2.24) is 0 Å². The van der Waals surface area contributed by atoms with Crippen molar-refractivity contribution < 1.29 is 19.2 Å². The largest absolute Gasteiger partial charge is 0.488 e. The van der Waals surface area contributed by atoms with Crippen LogP contribution >= 0.6 is 11.6 Å². The quantitative estimate of drug-likeness (QED) is 0.356. The topological polar surface area (TPSA) is 78.7 Å². The summed E-state index contributed by atoms with van der Waals surface area (Å²) >= 11 is 5.81. The summed E-state index contributed by atoms with van der Waals surface area (Å²) in [5.74, 6) is -0.676. The predicted octanol–water partition coefficient (Wildman–Crippen LogP) is 2.60. The summed E-state index contributed by atoms with van der Waals surface area (Å²) in [4.78, 5) is 21.5. The number of benzene rings is 1. The lowest BCUT2D eigenvalue weighted by Crippen LogP contribution is -2.04. The minimum atomic E-state index is -0.710. The maximum atomic E-state index is 11.4. The van der Waals surface area contributed by atoms with Crippen LogP contribution in [0, 0.1) is 10.1 Å². The Morgan fingerprint density at radius 1 is 1.61 bits per heavy atom. The number of hydrogen-bond donors (Lipinski definition) is 0. The fourth-order valence-corrected chi connectivity index (χ4v) is 1.44. The molecule has 0 heterocycles. The van der Waals surface area contributed by atoms with Gasteiger partial charge in [0.15, 0.2) is 5.02 Å². The maximum absolute atomic E-state index is 11.4. The van der Waals surface area contributed by atoms with Gasteiger partial charge >= 0.3 is 5.97 Å². The van der Waals surface area contributed by atoms with Gasteiger partial charge in [0, 0.05) is 6.07 Å². The molecule has 1 rings (SSSR count). The SMILES string of the molecule is C=CCOc1cc(C(=O)OC)cc([N+](=O)[O-])c1Cl. The van der Waals surface area contributed by atoms with E-state index in [9.17, 15) is 14.9 Å². The Hall–Kier alpha value is -2.08. The summed E-state index contributed by atoms with van der Waals surface area (Å²) in [5.41, 5.74) is -0.425. The second kappa shape index (κ2) is 6.02. The van der Waals surface area contributed by atoms with Gasteiger partial charge in [0.1, 0.15) is 12.4 Å². The Labute approximate surface area is 108 Å². The molecule has 0 saturated carbocycles. The molecule has 0 unspecified atom stereocenters. The predicted molar refractivity (Wildman–Crippen MR) is 65.1 cm³/mol. The molecule has 0 atom stereocenters. The molecule has 0 bridgehead atoms. The van der Waals surface area contributed by atoms with Crippen LogP contribution in [0.15, 0.2) is 24.8 Å². The number of carbonyl (C=O) groups is 1. The molecule has 6 nitrogen and oxygen atoms in total. The first-order chi connectivity index (χ1) is 8.51. The summed E-state index contributed by atoms with van der Waals surface area (Å²) in [6.07, 6.45) is 1.45. The Morgan fingerprint density at radius 3 is 2.78 bits per heavy atom. The highest BCUT2D eigenvalue weighted by Gasteiger charge is 2.22. The third kappa shape index (κ3) is 2.98. The summed E-state index contributed by atoms with van der Waals surface area (Å²) in [6, 6.07) is 2.32. The van der Waals surface area contributed by atoms with E-state index in [1.807, 2.05) is 0 Å². The van der Waals surface area contributed by atoms with Gasteiger partial charge in [0.05, 0.1) is 17.6 Å². The molecule has 0 aliphatic carbocycles. The number of nitro groups is 1. The maximum Gasteiger partial charge on any atom is 0.338 e. The van der Waals surface area contributed by atoms with E-state index < -0.39 is 16.6 Å². The van der Waals surface area contributed by atoms with Crippen molar-refractivity contribution in [3.63, 3.8) is 0 Å². The van der Waals surface area contributed by atoms with E-state index in [4.69, 9.17) is 16.3 Å². The van der Waals surface area contributed by atoms with Crippen molar-refractivity contribution in [2.24, 2.45) is 0 Å². The number of rotatable bonds is 5. The number of esters is 1. The molecular weight excluding hydrogens is 262 g/mol.